The minimum atomic E-state index is -0.363. The number of amides is 1. The van der Waals surface area contributed by atoms with E-state index in [1.807, 2.05) is 38.1 Å². The van der Waals surface area contributed by atoms with Crippen LogP contribution in [0.4, 0.5) is 5.69 Å². The lowest BCUT2D eigenvalue weighted by Crippen LogP contribution is -2.15. The summed E-state index contributed by atoms with van der Waals surface area (Å²) in [5, 5.41) is 7.61. The number of halogens is 2. The molecule has 2 heterocycles. The standard InChI is InChI=1S/C17H14Cl2N4O/c1-10-9-11(2)23(22-10)14-6-4-3-5-13(14)20-17(24)12-7-8-15(18)21-16(12)19/h3-9H,1-2H3,(H,20,24). The fraction of sp³-hybridized carbons (Fsp3) is 0.118. The third kappa shape index (κ3) is 3.27. The Morgan fingerprint density at radius 1 is 1.12 bits per heavy atom. The molecule has 0 atom stereocenters. The van der Waals surface area contributed by atoms with Gasteiger partial charge in [-0.3, -0.25) is 4.79 Å². The molecule has 0 aliphatic rings. The average molecular weight is 361 g/mol. The molecular weight excluding hydrogens is 347 g/mol. The maximum Gasteiger partial charge on any atom is 0.258 e. The lowest BCUT2D eigenvalue weighted by Gasteiger charge is -2.13. The molecule has 3 rings (SSSR count). The van der Waals surface area contributed by atoms with E-state index in [2.05, 4.69) is 15.4 Å². The number of para-hydroxylation sites is 2. The number of rotatable bonds is 3. The normalized spacial score (nSPS) is 10.7. The van der Waals surface area contributed by atoms with Gasteiger partial charge >= 0.3 is 0 Å². The highest BCUT2D eigenvalue weighted by atomic mass is 35.5. The van der Waals surface area contributed by atoms with E-state index in [9.17, 15) is 4.79 Å². The van der Waals surface area contributed by atoms with Gasteiger partial charge in [0.1, 0.15) is 10.3 Å². The van der Waals surface area contributed by atoms with E-state index in [0.29, 0.717) is 5.69 Å². The number of hydrogen-bond acceptors (Lipinski definition) is 3. The fourth-order valence-corrected chi connectivity index (χ4v) is 2.84. The number of benzene rings is 1. The summed E-state index contributed by atoms with van der Waals surface area (Å²) in [7, 11) is 0. The Balaban J connectivity index is 1.96. The quantitative estimate of drug-likeness (QED) is 0.702. The SMILES string of the molecule is Cc1cc(C)n(-c2ccccc2NC(=O)c2ccc(Cl)nc2Cl)n1. The van der Waals surface area contributed by atoms with E-state index in [0.717, 1.165) is 17.1 Å². The van der Waals surface area contributed by atoms with Crippen molar-refractivity contribution in [1.82, 2.24) is 14.8 Å². The maximum atomic E-state index is 12.5. The molecule has 0 fully saturated rings. The molecule has 0 spiro atoms. The van der Waals surface area contributed by atoms with Crippen molar-refractivity contribution < 1.29 is 4.79 Å². The lowest BCUT2D eigenvalue weighted by atomic mass is 10.2. The Hall–Kier alpha value is -2.37. The van der Waals surface area contributed by atoms with Gasteiger partial charge < -0.3 is 5.32 Å². The van der Waals surface area contributed by atoms with Gasteiger partial charge in [0.05, 0.1) is 22.6 Å². The van der Waals surface area contributed by atoms with Crippen molar-refractivity contribution in [3.63, 3.8) is 0 Å². The Morgan fingerprint density at radius 3 is 2.54 bits per heavy atom. The van der Waals surface area contributed by atoms with Gasteiger partial charge in [0.25, 0.3) is 5.91 Å². The molecular formula is C17H14Cl2N4O. The molecule has 0 bridgehead atoms. The third-order valence-electron chi connectivity index (χ3n) is 3.45. The molecule has 0 aliphatic carbocycles. The molecule has 7 heteroatoms. The van der Waals surface area contributed by atoms with Crippen molar-refractivity contribution in [2.45, 2.75) is 13.8 Å². The van der Waals surface area contributed by atoms with Gasteiger partial charge in [-0.15, -0.1) is 0 Å². The fourth-order valence-electron chi connectivity index (χ4n) is 2.41. The second-order valence-corrected chi connectivity index (χ2v) is 6.03. The largest absolute Gasteiger partial charge is 0.320 e. The second-order valence-electron chi connectivity index (χ2n) is 5.28. The first-order chi connectivity index (χ1) is 11.5. The van der Waals surface area contributed by atoms with Crippen molar-refractivity contribution in [2.24, 2.45) is 0 Å². The van der Waals surface area contributed by atoms with E-state index < -0.39 is 0 Å². The Bertz CT molecular complexity index is 921. The minimum absolute atomic E-state index is 0.0589. The number of carbonyl (C=O) groups is 1. The van der Waals surface area contributed by atoms with Crippen LogP contribution in [0.2, 0.25) is 10.3 Å². The van der Waals surface area contributed by atoms with Gasteiger partial charge in [-0.05, 0) is 44.2 Å². The number of anilines is 1. The molecule has 24 heavy (non-hydrogen) atoms. The zero-order chi connectivity index (χ0) is 17.3. The monoisotopic (exact) mass is 360 g/mol. The first-order valence-corrected chi connectivity index (χ1v) is 7.97. The lowest BCUT2D eigenvalue weighted by molar-refractivity contribution is 0.102. The first-order valence-electron chi connectivity index (χ1n) is 7.22. The Kier molecular flexibility index (Phi) is 4.55. The summed E-state index contributed by atoms with van der Waals surface area (Å²) in [4.78, 5) is 16.4. The van der Waals surface area contributed by atoms with Crippen LogP contribution in [-0.2, 0) is 0 Å². The molecule has 2 aromatic heterocycles. The number of carbonyl (C=O) groups excluding carboxylic acids is 1. The topological polar surface area (TPSA) is 59.8 Å². The summed E-state index contributed by atoms with van der Waals surface area (Å²) in [6.07, 6.45) is 0. The smallest absolute Gasteiger partial charge is 0.258 e. The van der Waals surface area contributed by atoms with E-state index in [1.165, 1.54) is 6.07 Å². The molecule has 0 aliphatic heterocycles. The van der Waals surface area contributed by atoms with Crippen molar-refractivity contribution >= 4 is 34.8 Å². The number of hydrogen-bond donors (Lipinski definition) is 1. The van der Waals surface area contributed by atoms with Crippen LogP contribution in [-0.4, -0.2) is 20.7 Å². The summed E-state index contributed by atoms with van der Waals surface area (Å²) < 4.78 is 1.78. The highest BCUT2D eigenvalue weighted by Crippen LogP contribution is 2.24. The van der Waals surface area contributed by atoms with Gasteiger partial charge in [-0.1, -0.05) is 35.3 Å². The molecule has 1 amide bonds. The van der Waals surface area contributed by atoms with Crippen molar-refractivity contribution in [3.05, 3.63) is 69.7 Å². The number of aryl methyl sites for hydroxylation is 2. The molecule has 122 valence electrons. The van der Waals surface area contributed by atoms with Crippen LogP contribution in [0.5, 0.6) is 0 Å². The van der Waals surface area contributed by atoms with Crippen LogP contribution in [0.15, 0.2) is 42.5 Å². The zero-order valence-corrected chi connectivity index (χ0v) is 14.6. The highest BCUT2D eigenvalue weighted by molar-refractivity contribution is 6.35. The summed E-state index contributed by atoms with van der Waals surface area (Å²) >= 11 is 11.8. The number of aromatic nitrogens is 3. The van der Waals surface area contributed by atoms with Gasteiger partial charge in [-0.25, -0.2) is 9.67 Å². The number of pyridine rings is 1. The van der Waals surface area contributed by atoms with Crippen LogP contribution < -0.4 is 5.32 Å². The van der Waals surface area contributed by atoms with Gasteiger partial charge in [0.2, 0.25) is 0 Å². The predicted molar refractivity (Wildman–Crippen MR) is 95.2 cm³/mol. The first kappa shape index (κ1) is 16.5. The van der Waals surface area contributed by atoms with Gasteiger partial charge in [0.15, 0.2) is 0 Å². The minimum Gasteiger partial charge on any atom is -0.320 e. The van der Waals surface area contributed by atoms with E-state index in [4.69, 9.17) is 23.2 Å². The van der Waals surface area contributed by atoms with E-state index >= 15 is 0 Å². The molecule has 3 aromatic rings. The van der Waals surface area contributed by atoms with E-state index in [-0.39, 0.29) is 21.8 Å². The maximum absolute atomic E-state index is 12.5. The highest BCUT2D eigenvalue weighted by Gasteiger charge is 2.15. The van der Waals surface area contributed by atoms with Crippen LogP contribution >= 0.6 is 23.2 Å². The van der Waals surface area contributed by atoms with Crippen LogP contribution in [0.25, 0.3) is 5.69 Å². The average Bonchev–Trinajstić information content (AvgIpc) is 2.86. The van der Waals surface area contributed by atoms with Crippen LogP contribution in [0.1, 0.15) is 21.7 Å². The van der Waals surface area contributed by atoms with Crippen LogP contribution in [0.3, 0.4) is 0 Å². The molecule has 0 saturated carbocycles. The molecule has 1 N–H and O–H groups in total. The van der Waals surface area contributed by atoms with Crippen molar-refractivity contribution in [3.8, 4) is 5.69 Å². The van der Waals surface area contributed by atoms with Crippen molar-refractivity contribution in [1.29, 1.82) is 0 Å². The zero-order valence-electron chi connectivity index (χ0n) is 13.0. The van der Waals surface area contributed by atoms with Crippen LogP contribution in [0, 0.1) is 13.8 Å². The molecule has 0 saturated heterocycles. The molecule has 0 radical (unpaired) electrons. The van der Waals surface area contributed by atoms with Gasteiger partial charge in [0, 0.05) is 5.69 Å². The molecule has 1 aromatic carbocycles. The number of nitrogens with zero attached hydrogens (tertiary/aromatic N) is 3. The van der Waals surface area contributed by atoms with E-state index in [1.54, 1.807) is 16.8 Å². The predicted octanol–water partition coefficient (Wildman–Crippen LogP) is 4.44. The Morgan fingerprint density at radius 2 is 1.88 bits per heavy atom. The number of nitrogens with one attached hydrogen (secondary N) is 1. The Labute approximate surface area is 149 Å². The third-order valence-corrected chi connectivity index (χ3v) is 3.95. The van der Waals surface area contributed by atoms with Gasteiger partial charge in [-0.2, -0.15) is 5.10 Å². The summed E-state index contributed by atoms with van der Waals surface area (Å²) in [6, 6.07) is 12.5. The summed E-state index contributed by atoms with van der Waals surface area (Å²) in [6.45, 7) is 3.88. The summed E-state index contributed by atoms with van der Waals surface area (Å²) in [5.41, 5.74) is 3.53. The molecule has 0 unspecified atom stereocenters. The second kappa shape index (κ2) is 6.63. The molecule has 5 nitrogen and oxygen atoms in total. The van der Waals surface area contributed by atoms with Crippen molar-refractivity contribution in [2.75, 3.05) is 5.32 Å². The summed E-state index contributed by atoms with van der Waals surface area (Å²) in [5.74, 6) is -0.363.